The number of benzene rings is 1. The van der Waals surface area contributed by atoms with Crippen LogP contribution in [0.5, 0.6) is 5.75 Å². The normalized spacial score (nSPS) is 18.5. The zero-order chi connectivity index (χ0) is 17.6. The van der Waals surface area contributed by atoms with Gasteiger partial charge in [0.05, 0.1) is 12.7 Å². The Bertz CT molecular complexity index is 732. The number of para-hydroxylation sites is 1. The van der Waals surface area contributed by atoms with Crippen molar-refractivity contribution in [2.45, 2.75) is 31.7 Å². The van der Waals surface area contributed by atoms with E-state index in [-0.39, 0.29) is 5.56 Å². The van der Waals surface area contributed by atoms with Crippen molar-refractivity contribution < 1.29 is 14.6 Å². The molecule has 1 aliphatic heterocycles. The average molecular weight is 340 g/mol. The molecule has 1 N–H and O–H groups in total. The maximum absolute atomic E-state index is 11.1. The first-order valence-electron chi connectivity index (χ1n) is 8.70. The molecule has 1 aromatic carbocycles. The van der Waals surface area contributed by atoms with Crippen LogP contribution in [0.15, 0.2) is 42.7 Å². The van der Waals surface area contributed by atoms with Crippen LogP contribution in [0.4, 0.5) is 0 Å². The molecule has 1 fully saturated rings. The minimum absolute atomic E-state index is 0.249. The third-order valence-electron chi connectivity index (χ3n) is 4.85. The SMILES string of the molecule is COc1ccccc1C1CCCN(Cc2cncc(C(=O)O)c2)CC1. The average Bonchev–Trinajstić information content (AvgIpc) is 2.87. The molecule has 132 valence electrons. The van der Waals surface area contributed by atoms with Crippen molar-refractivity contribution >= 4 is 5.97 Å². The molecule has 1 unspecified atom stereocenters. The van der Waals surface area contributed by atoms with Gasteiger partial charge in [0.15, 0.2) is 0 Å². The molecule has 3 rings (SSSR count). The monoisotopic (exact) mass is 340 g/mol. The quantitative estimate of drug-likeness (QED) is 0.902. The van der Waals surface area contributed by atoms with E-state index in [0.29, 0.717) is 5.92 Å². The maximum atomic E-state index is 11.1. The molecule has 5 nitrogen and oxygen atoms in total. The number of rotatable bonds is 5. The Labute approximate surface area is 148 Å². The standard InChI is InChI=1S/C20H24N2O3/c1-25-19-7-3-2-6-18(19)16-5-4-9-22(10-8-16)14-15-11-17(20(23)24)13-21-12-15/h2-3,6-7,11-13,16H,4-5,8-10,14H2,1H3,(H,23,24). The van der Waals surface area contributed by atoms with Gasteiger partial charge in [0, 0.05) is 18.9 Å². The molecular weight excluding hydrogens is 316 g/mol. The summed E-state index contributed by atoms with van der Waals surface area (Å²) in [6, 6.07) is 10.00. The molecule has 0 saturated carbocycles. The smallest absolute Gasteiger partial charge is 0.337 e. The summed E-state index contributed by atoms with van der Waals surface area (Å²) in [7, 11) is 1.73. The van der Waals surface area contributed by atoms with E-state index in [1.807, 2.05) is 12.1 Å². The minimum atomic E-state index is -0.929. The van der Waals surface area contributed by atoms with Crippen molar-refractivity contribution in [2.24, 2.45) is 0 Å². The first-order valence-corrected chi connectivity index (χ1v) is 8.70. The summed E-state index contributed by atoms with van der Waals surface area (Å²) in [6.07, 6.45) is 6.49. The number of aromatic carboxylic acids is 1. The van der Waals surface area contributed by atoms with E-state index in [2.05, 4.69) is 22.0 Å². The third kappa shape index (κ3) is 4.37. The van der Waals surface area contributed by atoms with Gasteiger partial charge in [0.25, 0.3) is 0 Å². The van der Waals surface area contributed by atoms with Crippen molar-refractivity contribution in [1.29, 1.82) is 0 Å². The Hall–Kier alpha value is -2.40. The first kappa shape index (κ1) is 17.4. The summed E-state index contributed by atoms with van der Waals surface area (Å²) in [6.45, 7) is 2.75. The molecule has 0 aliphatic carbocycles. The molecule has 0 amide bonds. The Kier molecular flexibility index (Phi) is 5.66. The Morgan fingerprint density at radius 2 is 2.12 bits per heavy atom. The van der Waals surface area contributed by atoms with E-state index < -0.39 is 5.97 Å². The van der Waals surface area contributed by atoms with Crippen LogP contribution >= 0.6 is 0 Å². The number of pyridine rings is 1. The van der Waals surface area contributed by atoms with E-state index >= 15 is 0 Å². The van der Waals surface area contributed by atoms with Crippen LogP contribution in [-0.4, -0.2) is 41.2 Å². The summed E-state index contributed by atoms with van der Waals surface area (Å²) in [5, 5.41) is 9.10. The second-order valence-corrected chi connectivity index (χ2v) is 6.53. The van der Waals surface area contributed by atoms with Crippen molar-refractivity contribution in [3.8, 4) is 5.75 Å². The number of hydrogen-bond acceptors (Lipinski definition) is 4. The number of aromatic nitrogens is 1. The predicted molar refractivity (Wildman–Crippen MR) is 96.1 cm³/mol. The van der Waals surface area contributed by atoms with Crippen molar-refractivity contribution in [2.75, 3.05) is 20.2 Å². The van der Waals surface area contributed by atoms with Gasteiger partial charge in [-0.15, -0.1) is 0 Å². The highest BCUT2D eigenvalue weighted by atomic mass is 16.5. The number of carboxylic acids is 1. The van der Waals surface area contributed by atoms with Gasteiger partial charge in [-0.25, -0.2) is 4.79 Å². The van der Waals surface area contributed by atoms with Gasteiger partial charge in [-0.05, 0) is 61.5 Å². The van der Waals surface area contributed by atoms with Gasteiger partial charge in [-0.1, -0.05) is 18.2 Å². The Balaban J connectivity index is 1.66. The third-order valence-corrected chi connectivity index (χ3v) is 4.85. The second-order valence-electron chi connectivity index (χ2n) is 6.53. The Morgan fingerprint density at radius 3 is 2.92 bits per heavy atom. The number of methoxy groups -OCH3 is 1. The number of nitrogens with zero attached hydrogens (tertiary/aromatic N) is 2. The van der Waals surface area contributed by atoms with Gasteiger partial charge in [0.2, 0.25) is 0 Å². The lowest BCUT2D eigenvalue weighted by Crippen LogP contribution is -2.24. The van der Waals surface area contributed by atoms with E-state index in [1.165, 1.54) is 11.8 Å². The van der Waals surface area contributed by atoms with Crippen molar-refractivity contribution in [1.82, 2.24) is 9.88 Å². The van der Waals surface area contributed by atoms with Gasteiger partial charge >= 0.3 is 5.97 Å². The van der Waals surface area contributed by atoms with Crippen LogP contribution in [0.25, 0.3) is 0 Å². The molecule has 1 aromatic heterocycles. The van der Waals surface area contributed by atoms with Gasteiger partial charge in [-0.3, -0.25) is 9.88 Å². The number of carboxylic acid groups (broad SMARTS) is 1. The number of hydrogen-bond donors (Lipinski definition) is 1. The molecule has 1 aliphatic rings. The fraction of sp³-hybridized carbons (Fsp3) is 0.400. The fourth-order valence-corrected chi connectivity index (χ4v) is 3.58. The topological polar surface area (TPSA) is 62.7 Å². The molecule has 1 saturated heterocycles. The molecule has 0 radical (unpaired) electrons. The second kappa shape index (κ2) is 8.12. The molecule has 1 atom stereocenters. The molecule has 5 heteroatoms. The molecule has 0 bridgehead atoms. The fourth-order valence-electron chi connectivity index (χ4n) is 3.58. The van der Waals surface area contributed by atoms with Crippen LogP contribution < -0.4 is 4.74 Å². The van der Waals surface area contributed by atoms with Gasteiger partial charge in [-0.2, -0.15) is 0 Å². The van der Waals surface area contributed by atoms with Crippen LogP contribution in [0.3, 0.4) is 0 Å². The first-order chi connectivity index (χ1) is 12.2. The van der Waals surface area contributed by atoms with Crippen molar-refractivity contribution in [3.63, 3.8) is 0 Å². The summed E-state index contributed by atoms with van der Waals surface area (Å²) in [5.74, 6) is 0.547. The number of likely N-dealkylation sites (tertiary alicyclic amines) is 1. The van der Waals surface area contributed by atoms with Crippen molar-refractivity contribution in [3.05, 3.63) is 59.4 Å². The Morgan fingerprint density at radius 1 is 1.28 bits per heavy atom. The molecule has 0 spiro atoms. The highest BCUT2D eigenvalue weighted by molar-refractivity contribution is 5.87. The van der Waals surface area contributed by atoms with E-state index in [0.717, 1.165) is 50.2 Å². The summed E-state index contributed by atoms with van der Waals surface area (Å²) < 4.78 is 5.52. The van der Waals surface area contributed by atoms with Crippen LogP contribution in [0, 0.1) is 0 Å². The zero-order valence-electron chi connectivity index (χ0n) is 14.5. The minimum Gasteiger partial charge on any atom is -0.496 e. The predicted octanol–water partition coefficient (Wildman–Crippen LogP) is 3.56. The van der Waals surface area contributed by atoms with Crippen LogP contribution in [0.1, 0.15) is 46.7 Å². The van der Waals surface area contributed by atoms with Gasteiger partial charge in [0.1, 0.15) is 5.75 Å². The zero-order valence-corrected chi connectivity index (χ0v) is 14.5. The highest BCUT2D eigenvalue weighted by Crippen LogP contribution is 2.34. The summed E-state index contributed by atoms with van der Waals surface area (Å²) >= 11 is 0. The molecular formula is C20H24N2O3. The number of carbonyl (C=O) groups is 1. The summed E-state index contributed by atoms with van der Waals surface area (Å²) in [4.78, 5) is 17.5. The lowest BCUT2D eigenvalue weighted by molar-refractivity contribution is 0.0696. The number of ether oxygens (including phenoxy) is 1. The lowest BCUT2D eigenvalue weighted by atomic mass is 9.91. The van der Waals surface area contributed by atoms with Gasteiger partial charge < -0.3 is 9.84 Å². The van der Waals surface area contributed by atoms with E-state index in [4.69, 9.17) is 9.84 Å². The molecule has 25 heavy (non-hydrogen) atoms. The van der Waals surface area contributed by atoms with Crippen LogP contribution in [0.2, 0.25) is 0 Å². The summed E-state index contributed by atoms with van der Waals surface area (Å²) in [5.41, 5.74) is 2.50. The van der Waals surface area contributed by atoms with E-state index in [1.54, 1.807) is 19.4 Å². The lowest BCUT2D eigenvalue weighted by Gasteiger charge is -2.21. The van der Waals surface area contributed by atoms with Crippen LogP contribution in [-0.2, 0) is 6.54 Å². The van der Waals surface area contributed by atoms with E-state index in [9.17, 15) is 4.79 Å². The largest absolute Gasteiger partial charge is 0.496 e. The highest BCUT2D eigenvalue weighted by Gasteiger charge is 2.21. The maximum Gasteiger partial charge on any atom is 0.337 e. The molecule has 2 aromatic rings. The molecule has 2 heterocycles.